The van der Waals surface area contributed by atoms with Crippen LogP contribution < -0.4 is 0 Å². The molecule has 0 aromatic heterocycles. The van der Waals surface area contributed by atoms with Gasteiger partial charge in [-0.1, -0.05) is 102 Å². The number of ketones is 1. The van der Waals surface area contributed by atoms with Crippen molar-refractivity contribution in [3.63, 3.8) is 0 Å². The molecule has 3 aliphatic carbocycles. The molecule has 214 valence electrons. The number of benzene rings is 4. The molecule has 6 nitrogen and oxygen atoms in total. The van der Waals surface area contributed by atoms with Gasteiger partial charge in [-0.25, -0.2) is 5.01 Å². The topological polar surface area (TPSA) is 74.8 Å². The lowest BCUT2D eigenvalue weighted by molar-refractivity contribution is -0.156. The van der Waals surface area contributed by atoms with Gasteiger partial charge in [-0.05, 0) is 54.3 Å². The van der Waals surface area contributed by atoms with Crippen molar-refractivity contribution < 1.29 is 19.2 Å². The Morgan fingerprint density at radius 3 is 1.63 bits per heavy atom. The van der Waals surface area contributed by atoms with Crippen LogP contribution in [-0.4, -0.2) is 39.6 Å². The van der Waals surface area contributed by atoms with E-state index in [0.29, 0.717) is 5.56 Å². The van der Waals surface area contributed by atoms with Crippen molar-refractivity contribution in [1.29, 1.82) is 0 Å². The van der Waals surface area contributed by atoms with E-state index in [9.17, 15) is 19.2 Å². The van der Waals surface area contributed by atoms with Gasteiger partial charge in [0, 0.05) is 23.0 Å². The molecule has 2 bridgehead atoms. The van der Waals surface area contributed by atoms with Crippen LogP contribution in [0.3, 0.4) is 0 Å². The predicted octanol–water partition coefficient (Wildman–Crippen LogP) is 6.82. The van der Waals surface area contributed by atoms with Crippen LogP contribution >= 0.6 is 23.2 Å². The van der Waals surface area contributed by atoms with Crippen molar-refractivity contribution in [2.75, 3.05) is 0 Å². The zero-order valence-corrected chi connectivity index (χ0v) is 24.8. The second-order valence-electron chi connectivity index (χ2n) is 11.4. The number of hydrogen-bond donors (Lipinski definition) is 0. The summed E-state index contributed by atoms with van der Waals surface area (Å²) in [5.74, 6) is -4.23. The van der Waals surface area contributed by atoms with Crippen LogP contribution in [0.1, 0.15) is 67.3 Å². The third-order valence-corrected chi connectivity index (χ3v) is 9.84. The van der Waals surface area contributed by atoms with Crippen molar-refractivity contribution in [2.45, 2.75) is 31.7 Å². The van der Waals surface area contributed by atoms with E-state index in [1.165, 1.54) is 25.1 Å². The Hall–Kier alpha value is -4.26. The van der Waals surface area contributed by atoms with E-state index in [1.807, 2.05) is 55.5 Å². The van der Waals surface area contributed by atoms with E-state index < -0.39 is 41.4 Å². The second kappa shape index (κ2) is 10.2. The monoisotopic (exact) mass is 608 g/mol. The van der Waals surface area contributed by atoms with Gasteiger partial charge >= 0.3 is 0 Å². The molecule has 8 heteroatoms. The lowest BCUT2D eigenvalue weighted by atomic mass is 9.55. The minimum absolute atomic E-state index is 0.1000. The minimum Gasteiger partial charge on any atom is -0.292 e. The van der Waals surface area contributed by atoms with E-state index in [2.05, 4.69) is 0 Å². The number of rotatable bonds is 5. The Bertz CT molecular complexity index is 1740. The molecular formula is C35H26Cl2N2O4. The van der Waals surface area contributed by atoms with Gasteiger partial charge in [-0.3, -0.25) is 19.2 Å². The van der Waals surface area contributed by atoms with E-state index in [0.717, 1.165) is 37.8 Å². The smallest absolute Gasteiger partial charge is 0.273 e. The summed E-state index contributed by atoms with van der Waals surface area (Å²) in [4.78, 5) is 57.1. The predicted molar refractivity (Wildman–Crippen MR) is 163 cm³/mol. The molecular weight excluding hydrogens is 583 g/mol. The fraction of sp³-hybridized carbons (Fsp3) is 0.200. The van der Waals surface area contributed by atoms with E-state index in [1.54, 1.807) is 24.3 Å². The van der Waals surface area contributed by atoms with Crippen molar-refractivity contribution in [1.82, 2.24) is 10.0 Å². The second-order valence-corrected chi connectivity index (χ2v) is 12.3. The van der Waals surface area contributed by atoms with Gasteiger partial charge in [0.25, 0.3) is 17.7 Å². The SMILES string of the molecule is Cc1ccc(C(=O)[C@H](C)N(C(=O)c2ccc(Cl)c(Cl)c2)N2C(=O)[C@H]3C4c5ccccc5C(c5ccccc54)[C@@H]3C2=O)cc1. The van der Waals surface area contributed by atoms with Crippen LogP contribution in [0.4, 0.5) is 0 Å². The number of aryl methyl sites for hydroxylation is 1. The lowest BCUT2D eigenvalue weighted by Gasteiger charge is -2.45. The molecule has 4 aromatic carbocycles. The molecule has 0 saturated carbocycles. The third kappa shape index (κ3) is 4.08. The molecule has 1 fully saturated rings. The summed E-state index contributed by atoms with van der Waals surface area (Å²) in [5.41, 5.74) is 5.49. The number of carbonyl (C=O) groups excluding carboxylic acids is 4. The molecule has 8 rings (SSSR count). The molecule has 0 N–H and O–H groups in total. The maximum absolute atomic E-state index is 14.5. The summed E-state index contributed by atoms with van der Waals surface area (Å²) in [6.45, 7) is 3.45. The summed E-state index contributed by atoms with van der Waals surface area (Å²) >= 11 is 12.4. The Morgan fingerprint density at radius 1 is 0.698 bits per heavy atom. The van der Waals surface area contributed by atoms with Crippen LogP contribution in [0.2, 0.25) is 10.0 Å². The quantitative estimate of drug-likeness (QED) is 0.184. The molecule has 43 heavy (non-hydrogen) atoms. The highest BCUT2D eigenvalue weighted by atomic mass is 35.5. The van der Waals surface area contributed by atoms with Gasteiger partial charge in [-0.2, -0.15) is 5.01 Å². The number of Topliss-reactive ketones (excluding diaryl/α,β-unsaturated/α-hetero) is 1. The highest BCUT2D eigenvalue weighted by Gasteiger charge is 2.63. The first-order valence-corrected chi connectivity index (χ1v) is 14.9. The summed E-state index contributed by atoms with van der Waals surface area (Å²) in [5, 5.41) is 2.36. The Labute approximate surface area is 258 Å². The van der Waals surface area contributed by atoms with E-state index >= 15 is 0 Å². The molecule has 4 aromatic rings. The highest BCUT2D eigenvalue weighted by Crippen LogP contribution is 2.61. The lowest BCUT2D eigenvalue weighted by Crippen LogP contribution is -2.56. The molecule has 3 amide bonds. The zero-order valence-electron chi connectivity index (χ0n) is 23.3. The zero-order chi connectivity index (χ0) is 30.2. The Balaban J connectivity index is 1.36. The first kappa shape index (κ1) is 27.6. The molecule has 1 saturated heterocycles. The van der Waals surface area contributed by atoms with Gasteiger partial charge in [-0.15, -0.1) is 0 Å². The van der Waals surface area contributed by atoms with E-state index in [4.69, 9.17) is 23.2 Å². The molecule has 1 heterocycles. The molecule has 4 aliphatic rings. The average Bonchev–Trinajstić information content (AvgIpc) is 3.28. The largest absolute Gasteiger partial charge is 0.292 e. The first-order valence-electron chi connectivity index (χ1n) is 14.1. The number of amides is 3. The van der Waals surface area contributed by atoms with Gasteiger partial charge in [0.1, 0.15) is 6.04 Å². The molecule has 0 spiro atoms. The van der Waals surface area contributed by atoms with Crippen LogP contribution in [-0.2, 0) is 9.59 Å². The Morgan fingerprint density at radius 2 is 1.16 bits per heavy atom. The number of nitrogens with zero attached hydrogens (tertiary/aromatic N) is 2. The first-order chi connectivity index (χ1) is 20.7. The summed E-state index contributed by atoms with van der Waals surface area (Å²) in [6.07, 6.45) is 0. The standard InChI is InChI=1S/C35H26Cl2N2O4/c1-18-11-13-20(14-12-18)32(40)19(2)38(33(41)21-15-16-26(36)27(37)17-21)39-34(42)30-28-22-7-3-4-8-23(22)29(31(30)35(39)43)25-10-6-5-9-24(25)28/h3-17,19,28-31H,1-2H3/t19-,28?,29?,30-,31-/m0/s1. The number of hydrogen-bond acceptors (Lipinski definition) is 4. The molecule has 0 radical (unpaired) electrons. The Kier molecular flexibility index (Phi) is 6.53. The van der Waals surface area contributed by atoms with Gasteiger partial charge in [0.05, 0.1) is 21.9 Å². The maximum atomic E-state index is 14.5. The summed E-state index contributed by atoms with van der Waals surface area (Å²) in [6, 6.07) is 25.9. The van der Waals surface area contributed by atoms with Crippen molar-refractivity contribution in [2.24, 2.45) is 11.8 Å². The van der Waals surface area contributed by atoms with Crippen LogP contribution in [0, 0.1) is 18.8 Å². The number of imide groups is 1. The normalized spacial score (nSPS) is 22.1. The minimum atomic E-state index is -1.18. The fourth-order valence-electron chi connectivity index (χ4n) is 7.15. The number of carbonyl (C=O) groups is 4. The molecule has 3 atom stereocenters. The van der Waals surface area contributed by atoms with Gasteiger partial charge < -0.3 is 0 Å². The van der Waals surface area contributed by atoms with E-state index in [-0.39, 0.29) is 27.4 Å². The summed E-state index contributed by atoms with van der Waals surface area (Å²) < 4.78 is 0. The van der Waals surface area contributed by atoms with Crippen molar-refractivity contribution in [3.05, 3.63) is 140 Å². The van der Waals surface area contributed by atoms with Crippen LogP contribution in [0.25, 0.3) is 0 Å². The van der Waals surface area contributed by atoms with Gasteiger partial charge in [0.2, 0.25) is 0 Å². The maximum Gasteiger partial charge on any atom is 0.273 e. The average molecular weight is 610 g/mol. The molecule has 1 aliphatic heterocycles. The highest BCUT2D eigenvalue weighted by molar-refractivity contribution is 6.42. The summed E-state index contributed by atoms with van der Waals surface area (Å²) in [7, 11) is 0. The van der Waals surface area contributed by atoms with Crippen molar-refractivity contribution in [3.8, 4) is 0 Å². The fourth-order valence-corrected chi connectivity index (χ4v) is 7.44. The number of hydrazine groups is 1. The third-order valence-electron chi connectivity index (χ3n) is 9.10. The van der Waals surface area contributed by atoms with Crippen molar-refractivity contribution >= 4 is 46.7 Å². The van der Waals surface area contributed by atoms with Gasteiger partial charge in [0.15, 0.2) is 5.78 Å². The van der Waals surface area contributed by atoms with Crippen LogP contribution in [0.5, 0.6) is 0 Å². The number of halogens is 2. The molecule has 0 unspecified atom stereocenters. The van der Waals surface area contributed by atoms with Crippen LogP contribution in [0.15, 0.2) is 91.0 Å².